The van der Waals surface area contributed by atoms with E-state index in [1.807, 2.05) is 44.2 Å². The number of carbonyl (C=O) groups is 2. The van der Waals surface area contributed by atoms with Crippen LogP contribution in [0.5, 0.6) is 0 Å². The second-order valence-electron chi connectivity index (χ2n) is 10.0. The van der Waals surface area contributed by atoms with Crippen molar-refractivity contribution in [2.45, 2.75) is 51.5 Å². The van der Waals surface area contributed by atoms with E-state index >= 15 is 0 Å². The molecule has 196 valence electrons. The molecule has 2 amide bonds. The van der Waals surface area contributed by atoms with Gasteiger partial charge < -0.3 is 14.5 Å². The maximum Gasteiger partial charge on any atom is 0.409 e. The molecule has 38 heavy (non-hydrogen) atoms. The van der Waals surface area contributed by atoms with E-state index in [0.29, 0.717) is 54.5 Å². The van der Waals surface area contributed by atoms with Gasteiger partial charge in [0.05, 0.1) is 17.1 Å². The summed E-state index contributed by atoms with van der Waals surface area (Å²) in [5, 5.41) is 10.8. The molecule has 1 unspecified atom stereocenters. The number of carbonyl (C=O) groups excluding carboxylic acids is 2. The van der Waals surface area contributed by atoms with E-state index in [-0.39, 0.29) is 24.0 Å². The predicted octanol–water partition coefficient (Wildman–Crippen LogP) is 5.12. The molecule has 0 N–H and O–H groups in total. The van der Waals surface area contributed by atoms with Gasteiger partial charge in [0.25, 0.3) is 5.91 Å². The van der Waals surface area contributed by atoms with Crippen LogP contribution in [0, 0.1) is 11.3 Å². The van der Waals surface area contributed by atoms with Crippen LogP contribution >= 0.6 is 11.6 Å². The molecule has 0 spiro atoms. The number of rotatable bonds is 4. The first-order valence-corrected chi connectivity index (χ1v) is 13.5. The van der Waals surface area contributed by atoms with E-state index in [9.17, 15) is 14.9 Å². The number of nitriles is 1. The highest BCUT2D eigenvalue weighted by Crippen LogP contribution is 2.38. The third-order valence-electron chi connectivity index (χ3n) is 7.48. The van der Waals surface area contributed by atoms with Crippen LogP contribution in [-0.2, 0) is 17.6 Å². The van der Waals surface area contributed by atoms with Gasteiger partial charge in [-0.05, 0) is 73.9 Å². The Labute approximate surface area is 227 Å². The molecular weight excluding hydrogens is 502 g/mol. The van der Waals surface area contributed by atoms with Crippen LogP contribution in [0.2, 0.25) is 5.02 Å². The summed E-state index contributed by atoms with van der Waals surface area (Å²) >= 11 is 6.85. The van der Waals surface area contributed by atoms with E-state index in [0.717, 1.165) is 41.5 Å². The zero-order valence-electron chi connectivity index (χ0n) is 21.6. The number of ether oxygens (including phenoxy) is 1. The van der Waals surface area contributed by atoms with Gasteiger partial charge in [0, 0.05) is 48.5 Å². The zero-order valence-corrected chi connectivity index (χ0v) is 22.4. The minimum atomic E-state index is -0.325. The second kappa shape index (κ2) is 11.0. The Balaban J connectivity index is 1.36. The average Bonchev–Trinajstić information content (AvgIpc) is 2.95. The molecule has 0 saturated carbocycles. The maximum atomic E-state index is 13.5. The Bertz CT molecular complexity index is 1440. The fraction of sp³-hybridized carbons (Fsp3) is 0.414. The molecule has 1 aliphatic carbocycles. The van der Waals surface area contributed by atoms with Crippen LogP contribution in [0.15, 0.2) is 36.5 Å². The molecule has 5 rings (SSSR count). The Morgan fingerprint density at radius 1 is 1.24 bits per heavy atom. The smallest absolute Gasteiger partial charge is 0.409 e. The fourth-order valence-electron chi connectivity index (χ4n) is 5.44. The number of piperazine rings is 1. The van der Waals surface area contributed by atoms with Crippen molar-refractivity contribution in [3.63, 3.8) is 0 Å². The van der Waals surface area contributed by atoms with Crippen molar-refractivity contribution in [1.29, 1.82) is 5.26 Å². The van der Waals surface area contributed by atoms with Crippen LogP contribution in [-0.4, -0.2) is 64.1 Å². The summed E-state index contributed by atoms with van der Waals surface area (Å²) < 4.78 is 5.26. The first-order valence-electron chi connectivity index (χ1n) is 13.1. The van der Waals surface area contributed by atoms with E-state index < -0.39 is 0 Å². The molecular formula is C29H30ClN5O3. The molecule has 1 fully saturated rings. The lowest BCUT2D eigenvalue weighted by molar-refractivity contribution is 0.0414. The molecule has 3 heterocycles. The van der Waals surface area contributed by atoms with Crippen molar-refractivity contribution in [2.24, 2.45) is 0 Å². The topological polar surface area (TPSA) is 99.4 Å². The molecule has 1 aliphatic heterocycles. The van der Waals surface area contributed by atoms with Crippen LogP contribution < -0.4 is 0 Å². The highest BCUT2D eigenvalue weighted by Gasteiger charge is 2.31. The number of fused-ring (bicyclic) bond motifs is 2. The molecule has 1 saturated heterocycles. The minimum absolute atomic E-state index is 0.0877. The number of halogens is 1. The lowest BCUT2D eigenvalue weighted by Gasteiger charge is -2.39. The Morgan fingerprint density at radius 3 is 2.84 bits per heavy atom. The van der Waals surface area contributed by atoms with Crippen molar-refractivity contribution in [2.75, 3.05) is 26.2 Å². The summed E-state index contributed by atoms with van der Waals surface area (Å²) in [6, 6.07) is 11.3. The van der Waals surface area contributed by atoms with E-state index in [4.69, 9.17) is 21.3 Å². The molecule has 2 aliphatic rings. The Kier molecular flexibility index (Phi) is 7.48. The molecule has 0 bridgehead atoms. The molecule has 0 radical (unpaired) electrons. The zero-order chi connectivity index (χ0) is 26.8. The van der Waals surface area contributed by atoms with Gasteiger partial charge in [-0.3, -0.25) is 9.78 Å². The molecule has 8 nitrogen and oxygen atoms in total. The quantitative estimate of drug-likeness (QED) is 0.463. The third-order valence-corrected chi connectivity index (χ3v) is 7.91. The van der Waals surface area contributed by atoms with E-state index in [2.05, 4.69) is 11.1 Å². The van der Waals surface area contributed by atoms with Crippen LogP contribution in [0.4, 0.5) is 4.79 Å². The van der Waals surface area contributed by atoms with E-state index in [1.165, 1.54) is 0 Å². The molecule has 2 atom stereocenters. The highest BCUT2D eigenvalue weighted by molar-refractivity contribution is 6.36. The summed E-state index contributed by atoms with van der Waals surface area (Å²) in [4.78, 5) is 38.2. The van der Waals surface area contributed by atoms with Gasteiger partial charge in [0.15, 0.2) is 0 Å². The lowest BCUT2D eigenvalue weighted by Crippen LogP contribution is -2.55. The summed E-state index contributed by atoms with van der Waals surface area (Å²) in [7, 11) is 0. The largest absolute Gasteiger partial charge is 0.449 e. The number of pyridine rings is 2. The monoisotopic (exact) mass is 531 g/mol. The Hall–Kier alpha value is -3.70. The summed E-state index contributed by atoms with van der Waals surface area (Å²) in [6.07, 6.45) is 4.56. The minimum Gasteiger partial charge on any atom is -0.449 e. The molecule has 9 heteroatoms. The summed E-state index contributed by atoms with van der Waals surface area (Å²) in [5.41, 5.74) is 4.73. The number of benzene rings is 1. The standard InChI is InChI=1S/C29H30ClN5O3/c1-3-12-38-29(37)34-10-11-35(18(2)17-34)28(36)21-5-7-24-26(15-21)33-25-14-19(4-6-23(25)27(24)30)20-8-9-32-22(13-20)16-31/h5,7-9,13,15,18-19H,3-4,6,10-12,14,17H2,1-2H3/t18-,19?/m0/s1. The van der Waals surface area contributed by atoms with Crippen molar-refractivity contribution in [3.8, 4) is 6.07 Å². The van der Waals surface area contributed by atoms with Crippen LogP contribution in [0.1, 0.15) is 65.5 Å². The normalized spacial score (nSPS) is 19.1. The first kappa shape index (κ1) is 25.9. The fourth-order valence-corrected chi connectivity index (χ4v) is 5.80. The molecule has 1 aromatic carbocycles. The third kappa shape index (κ3) is 5.03. The van der Waals surface area contributed by atoms with Crippen molar-refractivity contribution < 1.29 is 14.3 Å². The van der Waals surface area contributed by atoms with E-state index in [1.54, 1.807) is 16.0 Å². The van der Waals surface area contributed by atoms with Crippen LogP contribution in [0.3, 0.4) is 0 Å². The summed E-state index contributed by atoms with van der Waals surface area (Å²) in [5.74, 6) is 0.139. The van der Waals surface area contributed by atoms with Gasteiger partial charge in [0.1, 0.15) is 11.8 Å². The number of amides is 2. The SMILES string of the molecule is CCCOC(=O)N1CCN(C(=O)c2ccc3c(Cl)c4c(nc3c2)CC(c2ccnc(C#N)c2)CC4)[C@@H](C)C1. The van der Waals surface area contributed by atoms with Gasteiger partial charge in [-0.2, -0.15) is 5.26 Å². The van der Waals surface area contributed by atoms with Gasteiger partial charge in [0.2, 0.25) is 0 Å². The van der Waals surface area contributed by atoms with Crippen molar-refractivity contribution >= 4 is 34.5 Å². The molecule has 2 aromatic heterocycles. The second-order valence-corrected chi connectivity index (χ2v) is 10.4. The number of aromatic nitrogens is 2. The predicted molar refractivity (Wildman–Crippen MR) is 144 cm³/mol. The number of nitrogens with zero attached hydrogens (tertiary/aromatic N) is 5. The highest BCUT2D eigenvalue weighted by atomic mass is 35.5. The summed E-state index contributed by atoms with van der Waals surface area (Å²) in [6.45, 7) is 5.61. The average molecular weight is 532 g/mol. The van der Waals surface area contributed by atoms with Crippen molar-refractivity contribution in [3.05, 3.63) is 69.6 Å². The number of hydrogen-bond donors (Lipinski definition) is 0. The number of hydrogen-bond acceptors (Lipinski definition) is 6. The van der Waals surface area contributed by atoms with Gasteiger partial charge in [-0.1, -0.05) is 24.6 Å². The molecule has 3 aromatic rings. The van der Waals surface area contributed by atoms with Crippen molar-refractivity contribution in [1.82, 2.24) is 19.8 Å². The van der Waals surface area contributed by atoms with Gasteiger partial charge >= 0.3 is 6.09 Å². The maximum absolute atomic E-state index is 13.5. The first-order chi connectivity index (χ1) is 18.4. The van der Waals surface area contributed by atoms with Gasteiger partial charge in [-0.15, -0.1) is 0 Å². The lowest BCUT2D eigenvalue weighted by atomic mass is 9.82. The van der Waals surface area contributed by atoms with Crippen LogP contribution in [0.25, 0.3) is 10.9 Å². The van der Waals surface area contributed by atoms with Gasteiger partial charge in [-0.25, -0.2) is 9.78 Å². The Morgan fingerprint density at radius 2 is 2.08 bits per heavy atom.